The number of unbranched alkanes of at least 4 members (excludes halogenated alkanes) is 20. The second-order valence-corrected chi connectivity index (χ2v) is 9.30. The van der Waals surface area contributed by atoms with Gasteiger partial charge in [0.1, 0.15) is 0 Å². The quantitative estimate of drug-likeness (QED) is 0.161. The van der Waals surface area contributed by atoms with E-state index in [4.69, 9.17) is 0 Å². The first-order valence-electron chi connectivity index (χ1n) is 13.5. The van der Waals surface area contributed by atoms with Crippen LogP contribution in [0.15, 0.2) is 0 Å². The van der Waals surface area contributed by atoms with Crippen molar-refractivity contribution in [2.45, 2.75) is 174 Å². The average Bonchev–Trinajstić information content (AvgIpc) is 2.70. The Morgan fingerprint density at radius 1 is 0.357 bits per heavy atom. The van der Waals surface area contributed by atoms with Gasteiger partial charge in [-0.25, -0.2) is 0 Å². The van der Waals surface area contributed by atoms with Crippen LogP contribution in [0.2, 0.25) is 0 Å². The van der Waals surface area contributed by atoms with Gasteiger partial charge in [0.05, 0.1) is 6.10 Å². The van der Waals surface area contributed by atoms with E-state index < -0.39 is 0 Å². The Morgan fingerprint density at radius 2 is 0.571 bits per heavy atom. The van der Waals surface area contributed by atoms with Gasteiger partial charge in [0.2, 0.25) is 0 Å². The van der Waals surface area contributed by atoms with Crippen LogP contribution in [0.4, 0.5) is 0 Å². The highest BCUT2D eigenvalue weighted by Crippen LogP contribution is 2.16. The highest BCUT2D eigenvalue weighted by Gasteiger charge is 2.03. The molecule has 0 amide bonds. The van der Waals surface area contributed by atoms with E-state index in [0.717, 1.165) is 12.8 Å². The molecule has 0 aromatic heterocycles. The maximum Gasteiger partial charge on any atom is 0.0540 e. The van der Waals surface area contributed by atoms with E-state index in [9.17, 15) is 5.11 Å². The molecule has 0 radical (unpaired) electrons. The van der Waals surface area contributed by atoms with Crippen LogP contribution in [-0.2, 0) is 0 Å². The first-order chi connectivity index (χ1) is 13.8. The molecule has 0 aliphatic carbocycles. The molecule has 0 aliphatic rings. The van der Waals surface area contributed by atoms with Gasteiger partial charge in [0, 0.05) is 0 Å². The minimum absolute atomic E-state index is 0.0297. The Kier molecular flexibility index (Phi) is 25.0. The lowest BCUT2D eigenvalue weighted by atomic mass is 10.0. The van der Waals surface area contributed by atoms with E-state index in [2.05, 4.69) is 13.8 Å². The molecule has 0 saturated carbocycles. The van der Waals surface area contributed by atoms with Gasteiger partial charge >= 0.3 is 0 Å². The Bertz CT molecular complexity index is 263. The average molecular weight is 397 g/mol. The van der Waals surface area contributed by atoms with Crippen molar-refractivity contribution in [2.75, 3.05) is 0 Å². The first-order valence-corrected chi connectivity index (χ1v) is 13.5. The summed E-state index contributed by atoms with van der Waals surface area (Å²) in [5.74, 6) is 0. The molecule has 170 valence electrons. The molecule has 0 fully saturated rings. The zero-order valence-electron chi connectivity index (χ0n) is 20.0. The van der Waals surface area contributed by atoms with E-state index in [-0.39, 0.29) is 6.10 Å². The summed E-state index contributed by atoms with van der Waals surface area (Å²) < 4.78 is 0. The van der Waals surface area contributed by atoms with Gasteiger partial charge in [0.15, 0.2) is 0 Å². The van der Waals surface area contributed by atoms with Crippen LogP contribution in [0.5, 0.6) is 0 Å². The van der Waals surface area contributed by atoms with Gasteiger partial charge in [-0.3, -0.25) is 0 Å². The molecule has 1 N–H and O–H groups in total. The number of aliphatic hydroxyl groups excluding tert-OH is 1. The molecule has 0 saturated heterocycles. The van der Waals surface area contributed by atoms with Crippen molar-refractivity contribution < 1.29 is 5.11 Å². The van der Waals surface area contributed by atoms with Gasteiger partial charge in [-0.1, -0.05) is 155 Å². The summed E-state index contributed by atoms with van der Waals surface area (Å²) >= 11 is 0. The van der Waals surface area contributed by atoms with Crippen molar-refractivity contribution in [1.29, 1.82) is 0 Å². The van der Waals surface area contributed by atoms with E-state index >= 15 is 0 Å². The van der Waals surface area contributed by atoms with Crippen molar-refractivity contribution >= 4 is 0 Å². The van der Waals surface area contributed by atoms with Crippen LogP contribution in [0.3, 0.4) is 0 Å². The summed E-state index contributed by atoms with van der Waals surface area (Å²) in [6, 6.07) is 0. The van der Waals surface area contributed by atoms with E-state index in [1.54, 1.807) is 0 Å². The fourth-order valence-electron chi connectivity index (χ4n) is 4.23. The lowest BCUT2D eigenvalue weighted by molar-refractivity contribution is 0.147. The van der Waals surface area contributed by atoms with Crippen LogP contribution in [0, 0.1) is 0 Å². The largest absolute Gasteiger partial charge is 0.393 e. The zero-order valence-corrected chi connectivity index (χ0v) is 20.0. The van der Waals surface area contributed by atoms with Crippen molar-refractivity contribution in [3.8, 4) is 0 Å². The van der Waals surface area contributed by atoms with Gasteiger partial charge in [0.25, 0.3) is 0 Å². The molecular weight excluding hydrogens is 340 g/mol. The molecule has 1 atom stereocenters. The summed E-state index contributed by atoms with van der Waals surface area (Å²) in [6.07, 6.45) is 32.8. The Morgan fingerprint density at radius 3 is 0.821 bits per heavy atom. The third-order valence-corrected chi connectivity index (χ3v) is 6.28. The molecule has 0 aliphatic heterocycles. The SMILES string of the molecule is CCCCCCCCCCCCCCCCCCC[C@H](O)CCCCCCC. The van der Waals surface area contributed by atoms with Gasteiger partial charge in [-0.2, -0.15) is 0 Å². The molecule has 1 heteroatoms. The highest BCUT2D eigenvalue weighted by molar-refractivity contribution is 4.57. The minimum atomic E-state index is -0.0297. The standard InChI is InChI=1S/C27H56O/c1-3-5-7-9-10-11-12-13-14-15-16-17-18-19-20-22-24-26-27(28)25-23-21-8-6-4-2/h27-28H,3-26H2,1-2H3/t27-/m1/s1. The van der Waals surface area contributed by atoms with Crippen LogP contribution in [-0.4, -0.2) is 11.2 Å². The van der Waals surface area contributed by atoms with Gasteiger partial charge < -0.3 is 5.11 Å². The van der Waals surface area contributed by atoms with Crippen LogP contribution in [0.25, 0.3) is 0 Å². The minimum Gasteiger partial charge on any atom is -0.393 e. The molecule has 0 spiro atoms. The summed E-state index contributed by atoms with van der Waals surface area (Å²) in [5.41, 5.74) is 0. The summed E-state index contributed by atoms with van der Waals surface area (Å²) in [4.78, 5) is 0. The molecular formula is C27H56O. The van der Waals surface area contributed by atoms with Gasteiger partial charge in [-0.05, 0) is 12.8 Å². The molecule has 0 rings (SSSR count). The normalized spacial score (nSPS) is 12.5. The second-order valence-electron chi connectivity index (χ2n) is 9.30. The van der Waals surface area contributed by atoms with E-state index in [1.165, 1.54) is 141 Å². The smallest absolute Gasteiger partial charge is 0.0540 e. The highest BCUT2D eigenvalue weighted by atomic mass is 16.3. The van der Waals surface area contributed by atoms with E-state index in [0.29, 0.717) is 0 Å². The lowest BCUT2D eigenvalue weighted by Gasteiger charge is -2.10. The molecule has 28 heavy (non-hydrogen) atoms. The van der Waals surface area contributed by atoms with Crippen LogP contribution >= 0.6 is 0 Å². The molecule has 0 aromatic rings. The first kappa shape index (κ1) is 28.0. The Labute approximate surface area is 179 Å². The third-order valence-electron chi connectivity index (χ3n) is 6.28. The van der Waals surface area contributed by atoms with E-state index in [1.807, 2.05) is 0 Å². The molecule has 1 nitrogen and oxygen atoms in total. The van der Waals surface area contributed by atoms with Crippen molar-refractivity contribution in [3.63, 3.8) is 0 Å². The fourth-order valence-corrected chi connectivity index (χ4v) is 4.23. The summed E-state index contributed by atoms with van der Waals surface area (Å²) in [6.45, 7) is 4.55. The number of hydrogen-bond donors (Lipinski definition) is 1. The number of hydrogen-bond acceptors (Lipinski definition) is 1. The number of aliphatic hydroxyl groups is 1. The van der Waals surface area contributed by atoms with Crippen molar-refractivity contribution in [2.24, 2.45) is 0 Å². The zero-order chi connectivity index (χ0) is 20.5. The predicted molar refractivity (Wildman–Crippen MR) is 128 cm³/mol. The van der Waals surface area contributed by atoms with Crippen molar-refractivity contribution in [1.82, 2.24) is 0 Å². The fraction of sp³-hybridized carbons (Fsp3) is 1.00. The van der Waals surface area contributed by atoms with Crippen LogP contribution < -0.4 is 0 Å². The second kappa shape index (κ2) is 25.0. The van der Waals surface area contributed by atoms with Gasteiger partial charge in [-0.15, -0.1) is 0 Å². The topological polar surface area (TPSA) is 20.2 Å². The maximum atomic E-state index is 10.0. The predicted octanol–water partition coefficient (Wildman–Crippen LogP) is 9.75. The number of rotatable bonds is 24. The van der Waals surface area contributed by atoms with Crippen LogP contribution in [0.1, 0.15) is 168 Å². The molecule has 0 aromatic carbocycles. The lowest BCUT2D eigenvalue weighted by Crippen LogP contribution is -2.05. The summed E-state index contributed by atoms with van der Waals surface area (Å²) in [7, 11) is 0. The Hall–Kier alpha value is -0.0400. The summed E-state index contributed by atoms with van der Waals surface area (Å²) in [5, 5.41) is 10.0. The molecule has 0 unspecified atom stereocenters. The monoisotopic (exact) mass is 396 g/mol. The third kappa shape index (κ3) is 24.0. The Balaban J connectivity index is 3.08. The molecule has 0 bridgehead atoms. The van der Waals surface area contributed by atoms with Crippen molar-refractivity contribution in [3.05, 3.63) is 0 Å². The molecule has 0 heterocycles. The maximum absolute atomic E-state index is 10.0.